The molecule has 2 aromatic rings. The third kappa shape index (κ3) is 3.49. The van der Waals surface area contributed by atoms with E-state index >= 15 is 0 Å². The van der Waals surface area contributed by atoms with Gasteiger partial charge in [-0.15, -0.1) is 0 Å². The fourth-order valence-corrected chi connectivity index (χ4v) is 3.50. The van der Waals surface area contributed by atoms with Crippen LogP contribution in [0, 0.1) is 0 Å². The van der Waals surface area contributed by atoms with Gasteiger partial charge in [0.05, 0.1) is 24.4 Å². The highest BCUT2D eigenvalue weighted by Gasteiger charge is 2.54. The minimum atomic E-state index is -4.48. The Labute approximate surface area is 169 Å². The number of amides is 2. The van der Waals surface area contributed by atoms with Crippen LogP contribution in [0.3, 0.4) is 0 Å². The molecule has 30 heavy (non-hydrogen) atoms. The number of hydrogen-bond acceptors (Lipinski definition) is 6. The largest absolute Gasteiger partial charge is 0.494 e. The number of ether oxygens (including phenoxy) is 1. The van der Waals surface area contributed by atoms with E-state index in [4.69, 9.17) is 4.74 Å². The second kappa shape index (κ2) is 7.43. The predicted molar refractivity (Wildman–Crippen MR) is 99.5 cm³/mol. The molecule has 4 rings (SSSR count). The van der Waals surface area contributed by atoms with Crippen molar-refractivity contribution in [2.75, 3.05) is 11.5 Å². The van der Waals surface area contributed by atoms with Crippen LogP contribution < -0.4 is 9.64 Å². The van der Waals surface area contributed by atoms with Gasteiger partial charge in [-0.2, -0.15) is 18.3 Å². The summed E-state index contributed by atoms with van der Waals surface area (Å²) < 4.78 is 44.2. The number of hydrogen-bond donors (Lipinski definition) is 0. The summed E-state index contributed by atoms with van der Waals surface area (Å²) >= 11 is 0. The number of imide groups is 1. The van der Waals surface area contributed by atoms with Crippen molar-refractivity contribution in [3.8, 4) is 5.75 Å². The summed E-state index contributed by atoms with van der Waals surface area (Å²) in [6, 6.07) is 9.23. The summed E-state index contributed by atoms with van der Waals surface area (Å²) in [7, 11) is 0. The van der Waals surface area contributed by atoms with Crippen LogP contribution in [0.15, 0.2) is 58.9 Å². The molecule has 2 amide bonds. The molecule has 0 spiro atoms. The van der Waals surface area contributed by atoms with Crippen molar-refractivity contribution in [1.29, 1.82) is 0 Å². The van der Waals surface area contributed by atoms with Gasteiger partial charge in [0.2, 0.25) is 0 Å². The molecule has 0 aliphatic carbocycles. The van der Waals surface area contributed by atoms with Gasteiger partial charge in [-0.1, -0.05) is 17.4 Å². The van der Waals surface area contributed by atoms with Crippen molar-refractivity contribution in [1.82, 2.24) is 5.01 Å². The molecule has 2 unspecified atom stereocenters. The molecular weight excluding hydrogens is 401 g/mol. The molecule has 0 radical (unpaired) electrons. The van der Waals surface area contributed by atoms with Crippen LogP contribution >= 0.6 is 0 Å². The minimum absolute atomic E-state index is 0.0786. The second-order valence-corrected chi connectivity index (χ2v) is 6.83. The maximum atomic E-state index is 13.0. The quantitative estimate of drug-likeness (QED) is 0.696. The highest BCUT2D eigenvalue weighted by atomic mass is 19.4. The van der Waals surface area contributed by atoms with Crippen LogP contribution in [0.4, 0.5) is 18.9 Å². The van der Waals surface area contributed by atoms with Gasteiger partial charge in [0, 0.05) is 0 Å². The monoisotopic (exact) mass is 418 g/mol. The van der Waals surface area contributed by atoms with Gasteiger partial charge in [-0.3, -0.25) is 14.6 Å². The Hall–Kier alpha value is -3.43. The van der Waals surface area contributed by atoms with Crippen molar-refractivity contribution >= 4 is 17.5 Å². The molecule has 0 N–H and O–H groups in total. The van der Waals surface area contributed by atoms with Gasteiger partial charge in [0.25, 0.3) is 11.8 Å². The van der Waals surface area contributed by atoms with E-state index in [2.05, 4.69) is 10.3 Å². The van der Waals surface area contributed by atoms with Crippen LogP contribution in [-0.4, -0.2) is 35.5 Å². The SMILES string of the molecule is CCOc1ccc(N2C(=O)C3N=NN(Cc4cccc(C(F)(F)F)c4)C3C2=O)cc1. The average Bonchev–Trinajstić information content (AvgIpc) is 3.22. The lowest BCUT2D eigenvalue weighted by molar-refractivity contribution is -0.137. The minimum Gasteiger partial charge on any atom is -0.494 e. The average molecular weight is 418 g/mol. The molecule has 2 aromatic carbocycles. The Bertz CT molecular complexity index is 1010. The molecule has 1 fully saturated rings. The van der Waals surface area contributed by atoms with E-state index in [9.17, 15) is 22.8 Å². The van der Waals surface area contributed by atoms with Crippen LogP contribution in [0.25, 0.3) is 0 Å². The molecule has 7 nitrogen and oxygen atoms in total. The van der Waals surface area contributed by atoms with E-state index in [0.717, 1.165) is 17.0 Å². The lowest BCUT2D eigenvalue weighted by Gasteiger charge is -2.21. The zero-order valence-corrected chi connectivity index (χ0v) is 15.8. The van der Waals surface area contributed by atoms with Crippen molar-refractivity contribution < 1.29 is 27.5 Å². The molecular formula is C20H17F3N4O3. The molecule has 2 aliphatic rings. The number of rotatable bonds is 5. The Kier molecular flexibility index (Phi) is 4.92. The number of nitrogens with zero attached hydrogens (tertiary/aromatic N) is 4. The van der Waals surface area contributed by atoms with Gasteiger partial charge >= 0.3 is 6.18 Å². The predicted octanol–water partition coefficient (Wildman–Crippen LogP) is 3.60. The summed E-state index contributed by atoms with van der Waals surface area (Å²) in [5.74, 6) is -0.443. The standard InChI is InChI=1S/C20H17F3N4O3/c1-2-30-15-8-6-14(7-9-15)27-18(28)16-17(19(27)29)26(25-24-16)11-12-4-3-5-13(10-12)20(21,22)23/h3-10,16-17H,2,11H2,1H3. The normalized spacial score (nSPS) is 20.8. The molecule has 2 atom stereocenters. The fourth-order valence-electron chi connectivity index (χ4n) is 3.50. The first-order valence-electron chi connectivity index (χ1n) is 9.24. The summed E-state index contributed by atoms with van der Waals surface area (Å²) in [5.41, 5.74) is -0.112. The number of carbonyl (C=O) groups excluding carboxylic acids is 2. The number of halogens is 3. The highest BCUT2D eigenvalue weighted by Crippen LogP contribution is 2.34. The van der Waals surface area contributed by atoms with Gasteiger partial charge in [-0.25, -0.2) is 4.90 Å². The number of fused-ring (bicyclic) bond motifs is 1. The van der Waals surface area contributed by atoms with Crippen LogP contribution in [0.1, 0.15) is 18.1 Å². The Balaban J connectivity index is 1.55. The third-order valence-electron chi connectivity index (χ3n) is 4.86. The first kappa shape index (κ1) is 19.9. The maximum absolute atomic E-state index is 13.0. The molecule has 0 aromatic heterocycles. The molecule has 2 aliphatic heterocycles. The van der Waals surface area contributed by atoms with Crippen molar-refractivity contribution in [2.24, 2.45) is 10.3 Å². The van der Waals surface area contributed by atoms with Gasteiger partial charge in [-0.05, 0) is 48.9 Å². The van der Waals surface area contributed by atoms with E-state index < -0.39 is 35.6 Å². The third-order valence-corrected chi connectivity index (χ3v) is 4.86. The molecule has 0 saturated carbocycles. The van der Waals surface area contributed by atoms with Gasteiger partial charge < -0.3 is 4.74 Å². The summed E-state index contributed by atoms with van der Waals surface area (Å²) in [6.07, 6.45) is -4.48. The lowest BCUT2D eigenvalue weighted by atomic mass is 10.1. The van der Waals surface area contributed by atoms with E-state index in [1.807, 2.05) is 6.92 Å². The molecule has 2 heterocycles. The van der Waals surface area contributed by atoms with Crippen molar-refractivity contribution in [2.45, 2.75) is 31.7 Å². The van der Waals surface area contributed by atoms with Crippen LogP contribution in [-0.2, 0) is 22.3 Å². The summed E-state index contributed by atoms with van der Waals surface area (Å²) in [5, 5.41) is 9.02. The van der Waals surface area contributed by atoms with Gasteiger partial charge in [0.15, 0.2) is 12.1 Å². The van der Waals surface area contributed by atoms with E-state index in [1.54, 1.807) is 24.3 Å². The van der Waals surface area contributed by atoms with Gasteiger partial charge in [0.1, 0.15) is 5.75 Å². The number of benzene rings is 2. The zero-order valence-electron chi connectivity index (χ0n) is 15.8. The second-order valence-electron chi connectivity index (χ2n) is 6.83. The molecule has 156 valence electrons. The Morgan fingerprint density at radius 1 is 1.07 bits per heavy atom. The van der Waals surface area contributed by atoms with E-state index in [-0.39, 0.29) is 6.54 Å². The summed E-state index contributed by atoms with van der Waals surface area (Å²) in [6.45, 7) is 2.24. The zero-order chi connectivity index (χ0) is 21.5. The first-order valence-corrected chi connectivity index (χ1v) is 9.24. The molecule has 10 heteroatoms. The smallest absolute Gasteiger partial charge is 0.416 e. The number of anilines is 1. The van der Waals surface area contributed by atoms with E-state index in [1.165, 1.54) is 17.1 Å². The van der Waals surface area contributed by atoms with Crippen LogP contribution in [0.5, 0.6) is 5.75 Å². The fraction of sp³-hybridized carbons (Fsp3) is 0.300. The Morgan fingerprint density at radius 3 is 2.47 bits per heavy atom. The lowest BCUT2D eigenvalue weighted by Crippen LogP contribution is -2.39. The topological polar surface area (TPSA) is 74.6 Å². The summed E-state index contributed by atoms with van der Waals surface area (Å²) in [4.78, 5) is 26.7. The molecule has 0 bridgehead atoms. The maximum Gasteiger partial charge on any atom is 0.416 e. The Morgan fingerprint density at radius 2 is 1.80 bits per heavy atom. The highest BCUT2D eigenvalue weighted by molar-refractivity contribution is 6.25. The number of carbonyl (C=O) groups is 2. The van der Waals surface area contributed by atoms with E-state index in [0.29, 0.717) is 23.6 Å². The molecule has 1 saturated heterocycles. The van der Waals surface area contributed by atoms with Crippen molar-refractivity contribution in [3.05, 3.63) is 59.7 Å². The first-order chi connectivity index (χ1) is 14.3. The van der Waals surface area contributed by atoms with Crippen molar-refractivity contribution in [3.63, 3.8) is 0 Å². The van der Waals surface area contributed by atoms with Crippen LogP contribution in [0.2, 0.25) is 0 Å². The number of alkyl halides is 3.